The summed E-state index contributed by atoms with van der Waals surface area (Å²) in [5, 5.41) is 14.6. The van der Waals surface area contributed by atoms with Gasteiger partial charge in [-0.25, -0.2) is 0 Å². The molecule has 0 fully saturated rings. The molecule has 15 heavy (non-hydrogen) atoms. The molecule has 0 spiro atoms. The Morgan fingerprint density at radius 3 is 2.80 bits per heavy atom. The summed E-state index contributed by atoms with van der Waals surface area (Å²) >= 11 is 0. The lowest BCUT2D eigenvalue weighted by Crippen LogP contribution is -2.31. The molecule has 0 radical (unpaired) electrons. The molecule has 0 bridgehead atoms. The van der Waals surface area contributed by atoms with Crippen LogP contribution in [0.25, 0.3) is 0 Å². The van der Waals surface area contributed by atoms with Gasteiger partial charge >= 0.3 is 0 Å². The van der Waals surface area contributed by atoms with Crippen molar-refractivity contribution in [3.05, 3.63) is 0 Å². The Hall–Kier alpha value is -0.810. The highest BCUT2D eigenvalue weighted by Gasteiger charge is 2.03. The van der Waals surface area contributed by atoms with E-state index < -0.39 is 0 Å². The Bertz CT molecular complexity index is 174. The van der Waals surface area contributed by atoms with E-state index in [1.165, 1.54) is 0 Å². The predicted octanol–water partition coefficient (Wildman–Crippen LogP) is 0.918. The Labute approximate surface area is 91.7 Å². The van der Waals surface area contributed by atoms with Gasteiger partial charge in [0.25, 0.3) is 0 Å². The number of ether oxygens (including phenoxy) is 1. The van der Waals surface area contributed by atoms with Gasteiger partial charge in [0.15, 0.2) is 0 Å². The average Bonchev–Trinajstić information content (AvgIpc) is 2.23. The van der Waals surface area contributed by atoms with Gasteiger partial charge in [-0.1, -0.05) is 5.16 Å². The number of methoxy groups -OCH3 is 1. The zero-order valence-electron chi connectivity index (χ0n) is 9.70. The van der Waals surface area contributed by atoms with Crippen molar-refractivity contribution in [2.24, 2.45) is 10.9 Å². The normalized spacial score (nSPS) is 14.1. The maximum absolute atomic E-state index is 8.37. The van der Waals surface area contributed by atoms with E-state index in [-0.39, 0.29) is 11.9 Å². The van der Waals surface area contributed by atoms with Crippen molar-refractivity contribution < 1.29 is 9.94 Å². The van der Waals surface area contributed by atoms with E-state index in [0.717, 1.165) is 32.4 Å². The highest BCUT2D eigenvalue weighted by molar-refractivity contribution is 5.80. The summed E-state index contributed by atoms with van der Waals surface area (Å²) in [5.74, 6) is 0.273. The van der Waals surface area contributed by atoms with Gasteiger partial charge in [-0.3, -0.25) is 0 Å². The Morgan fingerprint density at radius 2 is 2.20 bits per heavy atom. The number of amidine groups is 1. The molecule has 0 aromatic rings. The molecule has 90 valence electrons. The van der Waals surface area contributed by atoms with Crippen molar-refractivity contribution in [2.75, 3.05) is 20.3 Å². The fourth-order valence-electron chi connectivity index (χ4n) is 1.32. The van der Waals surface area contributed by atoms with Gasteiger partial charge in [0.05, 0.1) is 0 Å². The van der Waals surface area contributed by atoms with Gasteiger partial charge in [-0.2, -0.15) is 0 Å². The molecular weight excluding hydrogens is 194 g/mol. The average molecular weight is 217 g/mol. The van der Waals surface area contributed by atoms with Crippen molar-refractivity contribution >= 4 is 5.84 Å². The minimum atomic E-state index is 0.253. The molecule has 5 heteroatoms. The molecule has 0 aliphatic heterocycles. The second kappa shape index (κ2) is 9.73. The van der Waals surface area contributed by atoms with Gasteiger partial charge in [0.2, 0.25) is 0 Å². The zero-order chi connectivity index (χ0) is 11.5. The van der Waals surface area contributed by atoms with E-state index in [9.17, 15) is 0 Å². The number of oxime groups is 1. The first-order chi connectivity index (χ1) is 7.20. The van der Waals surface area contributed by atoms with Crippen LogP contribution < -0.4 is 11.1 Å². The summed E-state index contributed by atoms with van der Waals surface area (Å²) in [6, 6.07) is 0.253. The number of hydrogen-bond acceptors (Lipinski definition) is 4. The minimum absolute atomic E-state index is 0.253. The molecule has 0 saturated carbocycles. The molecule has 5 nitrogen and oxygen atoms in total. The molecule has 0 heterocycles. The molecule has 0 saturated heterocycles. The van der Waals surface area contributed by atoms with E-state index in [4.69, 9.17) is 15.7 Å². The van der Waals surface area contributed by atoms with Crippen molar-refractivity contribution in [3.8, 4) is 0 Å². The maximum atomic E-state index is 8.37. The monoisotopic (exact) mass is 217 g/mol. The topological polar surface area (TPSA) is 79.9 Å². The van der Waals surface area contributed by atoms with Crippen LogP contribution in [-0.4, -0.2) is 37.3 Å². The van der Waals surface area contributed by atoms with Gasteiger partial charge in [-0.05, 0) is 32.7 Å². The first-order valence-corrected chi connectivity index (χ1v) is 5.39. The maximum Gasteiger partial charge on any atom is 0.140 e. The van der Waals surface area contributed by atoms with Crippen LogP contribution in [0.2, 0.25) is 0 Å². The summed E-state index contributed by atoms with van der Waals surface area (Å²) in [4.78, 5) is 0. The first-order valence-electron chi connectivity index (χ1n) is 5.39. The number of nitrogens with zero attached hydrogens (tertiary/aromatic N) is 1. The Balaban J connectivity index is 3.27. The molecule has 0 aromatic carbocycles. The molecule has 0 aliphatic rings. The van der Waals surface area contributed by atoms with Crippen molar-refractivity contribution in [3.63, 3.8) is 0 Å². The molecule has 0 rings (SSSR count). The van der Waals surface area contributed by atoms with Crippen LogP contribution >= 0.6 is 0 Å². The van der Waals surface area contributed by atoms with Crippen LogP contribution in [0.5, 0.6) is 0 Å². The van der Waals surface area contributed by atoms with E-state index in [0.29, 0.717) is 6.42 Å². The molecule has 0 aliphatic carbocycles. The molecule has 0 amide bonds. The number of nitrogens with one attached hydrogen (secondary N) is 1. The van der Waals surface area contributed by atoms with Crippen molar-refractivity contribution in [1.29, 1.82) is 0 Å². The summed E-state index contributed by atoms with van der Waals surface area (Å²) in [7, 11) is 1.72. The van der Waals surface area contributed by atoms with Gasteiger partial charge in [0, 0.05) is 26.2 Å². The van der Waals surface area contributed by atoms with E-state index in [1.807, 2.05) is 6.92 Å². The van der Waals surface area contributed by atoms with Crippen molar-refractivity contribution in [2.45, 2.75) is 38.6 Å². The van der Waals surface area contributed by atoms with E-state index in [2.05, 4.69) is 10.5 Å². The third-order valence-corrected chi connectivity index (χ3v) is 2.16. The lowest BCUT2D eigenvalue weighted by molar-refractivity contribution is 0.192. The van der Waals surface area contributed by atoms with Crippen molar-refractivity contribution in [1.82, 2.24) is 5.32 Å². The summed E-state index contributed by atoms with van der Waals surface area (Å²) in [6.45, 7) is 3.82. The first kappa shape index (κ1) is 14.2. The molecule has 1 unspecified atom stereocenters. The van der Waals surface area contributed by atoms with Gasteiger partial charge in [0.1, 0.15) is 5.84 Å². The van der Waals surface area contributed by atoms with E-state index in [1.54, 1.807) is 7.11 Å². The molecule has 1 atom stereocenters. The number of rotatable bonds is 9. The zero-order valence-corrected chi connectivity index (χ0v) is 9.70. The predicted molar refractivity (Wildman–Crippen MR) is 61.2 cm³/mol. The van der Waals surface area contributed by atoms with Crippen LogP contribution in [0.4, 0.5) is 0 Å². The highest BCUT2D eigenvalue weighted by atomic mass is 16.5. The number of hydrogen-bond donors (Lipinski definition) is 3. The lowest BCUT2D eigenvalue weighted by Gasteiger charge is -2.12. The second-order valence-corrected chi connectivity index (χ2v) is 3.70. The Morgan fingerprint density at radius 1 is 1.47 bits per heavy atom. The van der Waals surface area contributed by atoms with Gasteiger partial charge < -0.3 is 21.0 Å². The largest absolute Gasteiger partial charge is 0.409 e. The number of unbranched alkanes of at least 4 members (excludes halogenated alkanes) is 2. The summed E-state index contributed by atoms with van der Waals surface area (Å²) in [6.07, 6.45) is 3.97. The molecule has 0 aromatic heterocycles. The molecule has 4 N–H and O–H groups in total. The highest BCUT2D eigenvalue weighted by Crippen LogP contribution is 1.96. The SMILES string of the molecule is COCCCCCNC(C)CC(N)=NO. The quantitative estimate of drug-likeness (QED) is 0.176. The Kier molecular flexibility index (Phi) is 9.21. The van der Waals surface area contributed by atoms with Crippen LogP contribution in [0.3, 0.4) is 0 Å². The smallest absolute Gasteiger partial charge is 0.140 e. The third kappa shape index (κ3) is 9.49. The summed E-state index contributed by atoms with van der Waals surface area (Å²) < 4.78 is 4.96. The van der Waals surface area contributed by atoms with Crippen LogP contribution in [-0.2, 0) is 4.74 Å². The standard InChI is InChI=1S/C10H23N3O2/c1-9(8-10(11)13-14)12-6-4-3-5-7-15-2/h9,12,14H,3-8H2,1-2H3,(H2,11,13). The third-order valence-electron chi connectivity index (χ3n) is 2.16. The second-order valence-electron chi connectivity index (χ2n) is 3.70. The van der Waals surface area contributed by atoms with Gasteiger partial charge in [-0.15, -0.1) is 0 Å². The van der Waals surface area contributed by atoms with Crippen LogP contribution in [0.1, 0.15) is 32.6 Å². The fraction of sp³-hybridized carbons (Fsp3) is 0.900. The number of nitrogens with two attached hydrogens (primary N) is 1. The van der Waals surface area contributed by atoms with Crippen LogP contribution in [0.15, 0.2) is 5.16 Å². The summed E-state index contributed by atoms with van der Waals surface area (Å²) in [5.41, 5.74) is 5.39. The molecular formula is C10H23N3O2. The fourth-order valence-corrected chi connectivity index (χ4v) is 1.32. The minimum Gasteiger partial charge on any atom is -0.409 e. The lowest BCUT2D eigenvalue weighted by atomic mass is 10.2. The van der Waals surface area contributed by atoms with Crippen LogP contribution in [0, 0.1) is 0 Å². The van der Waals surface area contributed by atoms with E-state index >= 15 is 0 Å².